The third-order valence-electron chi connectivity index (χ3n) is 4.79. The summed E-state index contributed by atoms with van der Waals surface area (Å²) >= 11 is 0. The highest BCUT2D eigenvalue weighted by atomic mass is 19.1. The molecule has 2 unspecified atom stereocenters. The summed E-state index contributed by atoms with van der Waals surface area (Å²) < 4.78 is 14.4. The van der Waals surface area contributed by atoms with Crippen molar-refractivity contribution in [1.29, 1.82) is 0 Å². The molecule has 1 nitrogen and oxygen atoms in total. The molecule has 0 aliphatic heterocycles. The highest BCUT2D eigenvalue weighted by Crippen LogP contribution is 2.24. The van der Waals surface area contributed by atoms with E-state index in [9.17, 15) is 4.39 Å². The molecule has 28 heavy (non-hydrogen) atoms. The SMILES string of the molecule is C=C(O)/C=C\C(=C)C(=C)/C(F)=C\C(=C)C(=C)/C=C\C(=C)C(C)CCC(C)CC. The van der Waals surface area contributed by atoms with Gasteiger partial charge in [0.25, 0.3) is 0 Å². The van der Waals surface area contributed by atoms with Crippen molar-refractivity contribution < 1.29 is 9.50 Å². The lowest BCUT2D eigenvalue weighted by molar-refractivity contribution is 0.435. The van der Waals surface area contributed by atoms with Gasteiger partial charge in [0.1, 0.15) is 11.6 Å². The zero-order chi connectivity index (χ0) is 21.9. The Morgan fingerprint density at radius 1 is 0.857 bits per heavy atom. The molecule has 0 aliphatic carbocycles. The van der Waals surface area contributed by atoms with Crippen LogP contribution in [0.4, 0.5) is 4.39 Å². The fourth-order valence-electron chi connectivity index (χ4n) is 2.19. The Kier molecular flexibility index (Phi) is 11.5. The lowest BCUT2D eigenvalue weighted by Crippen LogP contribution is -2.00. The van der Waals surface area contributed by atoms with Gasteiger partial charge in [-0.3, -0.25) is 0 Å². The van der Waals surface area contributed by atoms with Crippen LogP contribution in [0.15, 0.2) is 109 Å². The highest BCUT2D eigenvalue weighted by Gasteiger charge is 2.08. The minimum Gasteiger partial charge on any atom is -0.509 e. The van der Waals surface area contributed by atoms with E-state index in [2.05, 4.69) is 60.2 Å². The zero-order valence-electron chi connectivity index (χ0n) is 17.7. The van der Waals surface area contributed by atoms with Gasteiger partial charge >= 0.3 is 0 Å². The van der Waals surface area contributed by atoms with Gasteiger partial charge in [-0.2, -0.15) is 0 Å². The summed E-state index contributed by atoms with van der Waals surface area (Å²) in [4.78, 5) is 0. The van der Waals surface area contributed by atoms with Gasteiger partial charge in [-0.25, -0.2) is 4.39 Å². The van der Waals surface area contributed by atoms with E-state index in [1.807, 2.05) is 6.08 Å². The zero-order valence-corrected chi connectivity index (χ0v) is 17.7. The molecule has 2 heteroatoms. The van der Waals surface area contributed by atoms with Crippen molar-refractivity contribution in [3.63, 3.8) is 0 Å². The monoisotopic (exact) mass is 382 g/mol. The molecule has 0 saturated carbocycles. The van der Waals surface area contributed by atoms with Crippen molar-refractivity contribution in [3.8, 4) is 0 Å². The van der Waals surface area contributed by atoms with Crippen molar-refractivity contribution in [2.24, 2.45) is 11.8 Å². The van der Waals surface area contributed by atoms with Gasteiger partial charge in [-0.15, -0.1) is 0 Å². The van der Waals surface area contributed by atoms with Crippen LogP contribution in [-0.4, -0.2) is 5.11 Å². The Balaban J connectivity index is 4.86. The van der Waals surface area contributed by atoms with E-state index < -0.39 is 5.83 Å². The lowest BCUT2D eigenvalue weighted by Gasteiger charge is -2.14. The number of hydrogen-bond donors (Lipinski definition) is 1. The van der Waals surface area contributed by atoms with Gasteiger partial charge in [0.15, 0.2) is 0 Å². The summed E-state index contributed by atoms with van der Waals surface area (Å²) in [6, 6.07) is 0. The van der Waals surface area contributed by atoms with E-state index >= 15 is 0 Å². The average molecular weight is 383 g/mol. The molecule has 0 aromatic heterocycles. The molecule has 152 valence electrons. The summed E-state index contributed by atoms with van der Waals surface area (Å²) in [5.74, 6) is 0.406. The summed E-state index contributed by atoms with van der Waals surface area (Å²) in [6.45, 7) is 29.3. The Morgan fingerprint density at radius 3 is 1.96 bits per heavy atom. The summed E-state index contributed by atoms with van der Waals surface area (Å²) in [7, 11) is 0. The summed E-state index contributed by atoms with van der Waals surface area (Å²) in [5.41, 5.74) is 2.51. The van der Waals surface area contributed by atoms with Crippen LogP contribution in [-0.2, 0) is 0 Å². The molecule has 0 aliphatic rings. The normalized spacial score (nSPS) is 14.1. The van der Waals surface area contributed by atoms with E-state index in [0.717, 1.165) is 17.9 Å². The Hall–Kier alpha value is -2.61. The molecule has 0 aromatic carbocycles. The smallest absolute Gasteiger partial charge is 0.131 e. The van der Waals surface area contributed by atoms with Gasteiger partial charge in [0.05, 0.1) is 0 Å². The Bertz CT molecular complexity index is 728. The molecule has 0 radical (unpaired) electrons. The van der Waals surface area contributed by atoms with E-state index in [-0.39, 0.29) is 11.3 Å². The average Bonchev–Trinajstić information content (AvgIpc) is 2.66. The molecular formula is C26H35FO. The van der Waals surface area contributed by atoms with Crippen LogP contribution in [0.1, 0.15) is 40.0 Å². The first kappa shape index (κ1) is 25.4. The maximum atomic E-state index is 14.4. The number of allylic oxidation sites excluding steroid dienone is 11. The van der Waals surface area contributed by atoms with Gasteiger partial charge in [-0.05, 0) is 47.1 Å². The number of rotatable bonds is 13. The van der Waals surface area contributed by atoms with Crippen LogP contribution in [0.2, 0.25) is 0 Å². The van der Waals surface area contributed by atoms with Crippen LogP contribution in [0.5, 0.6) is 0 Å². The first-order valence-corrected chi connectivity index (χ1v) is 9.56. The second-order valence-corrected chi connectivity index (χ2v) is 7.27. The van der Waals surface area contributed by atoms with Gasteiger partial charge in [0, 0.05) is 5.57 Å². The Labute approximate surface area is 171 Å². The fourth-order valence-corrected chi connectivity index (χ4v) is 2.19. The van der Waals surface area contributed by atoms with Crippen LogP contribution in [0, 0.1) is 11.8 Å². The molecule has 2 atom stereocenters. The molecule has 0 aromatic rings. The maximum absolute atomic E-state index is 14.4. The third-order valence-corrected chi connectivity index (χ3v) is 4.79. The summed E-state index contributed by atoms with van der Waals surface area (Å²) in [5, 5.41) is 9.06. The quantitative estimate of drug-likeness (QED) is 0.251. The molecule has 0 rings (SSSR count). The van der Waals surface area contributed by atoms with Crippen molar-refractivity contribution in [2.75, 3.05) is 0 Å². The molecular weight excluding hydrogens is 347 g/mol. The largest absolute Gasteiger partial charge is 0.509 e. The summed E-state index contributed by atoms with van der Waals surface area (Å²) in [6.07, 6.45) is 11.2. The first-order chi connectivity index (χ1) is 13.0. The number of aliphatic hydroxyl groups is 1. The third kappa shape index (κ3) is 9.91. The van der Waals surface area contributed by atoms with Crippen molar-refractivity contribution in [2.45, 2.75) is 40.0 Å². The molecule has 0 saturated heterocycles. The molecule has 0 bridgehead atoms. The van der Waals surface area contributed by atoms with Gasteiger partial charge < -0.3 is 5.11 Å². The minimum atomic E-state index is -0.557. The standard InChI is InChI=1S/C26H35FO/c1-10-18(2)11-12-19(3)20(4)13-14-21(5)23(7)17-26(27)25(9)22(6)15-16-24(8)28/h13-19,28H,4-12H2,1-3H3/b14-13-,16-15-,26-17+. The minimum absolute atomic E-state index is 0.110. The number of halogens is 1. The van der Waals surface area contributed by atoms with E-state index in [4.69, 9.17) is 5.11 Å². The van der Waals surface area contributed by atoms with Crippen molar-refractivity contribution >= 4 is 0 Å². The van der Waals surface area contributed by atoms with E-state index in [1.54, 1.807) is 6.08 Å². The second-order valence-electron chi connectivity index (χ2n) is 7.27. The van der Waals surface area contributed by atoms with Crippen LogP contribution in [0.25, 0.3) is 0 Å². The highest BCUT2D eigenvalue weighted by molar-refractivity contribution is 5.52. The van der Waals surface area contributed by atoms with Crippen molar-refractivity contribution in [3.05, 3.63) is 109 Å². The first-order valence-electron chi connectivity index (χ1n) is 9.56. The second kappa shape index (κ2) is 12.7. The fraction of sp³-hybridized carbons (Fsp3) is 0.308. The maximum Gasteiger partial charge on any atom is 0.131 e. The van der Waals surface area contributed by atoms with Crippen LogP contribution < -0.4 is 0 Å². The lowest BCUT2D eigenvalue weighted by atomic mass is 9.91. The molecule has 0 fully saturated rings. The van der Waals surface area contributed by atoms with Crippen LogP contribution in [0.3, 0.4) is 0 Å². The molecule has 0 amide bonds. The van der Waals surface area contributed by atoms with Gasteiger partial charge in [0.2, 0.25) is 0 Å². The molecule has 0 heterocycles. The molecule has 1 N–H and O–H groups in total. The number of hydrogen-bond acceptors (Lipinski definition) is 1. The predicted molar refractivity (Wildman–Crippen MR) is 123 cm³/mol. The van der Waals surface area contributed by atoms with Gasteiger partial charge in [-0.1, -0.05) is 96.9 Å². The number of aliphatic hydroxyl groups excluding tert-OH is 1. The predicted octanol–water partition coefficient (Wildman–Crippen LogP) is 8.27. The van der Waals surface area contributed by atoms with E-state index in [0.29, 0.717) is 22.6 Å². The van der Waals surface area contributed by atoms with Crippen LogP contribution >= 0.6 is 0 Å². The van der Waals surface area contributed by atoms with E-state index in [1.165, 1.54) is 31.1 Å². The molecule has 0 spiro atoms. The Morgan fingerprint density at radius 2 is 1.43 bits per heavy atom. The van der Waals surface area contributed by atoms with Crippen molar-refractivity contribution in [1.82, 2.24) is 0 Å². The topological polar surface area (TPSA) is 20.2 Å².